The molecule has 120 valence electrons. The van der Waals surface area contributed by atoms with Crippen LogP contribution in [0.25, 0.3) is 11.3 Å². The highest BCUT2D eigenvalue weighted by Crippen LogP contribution is 2.27. The van der Waals surface area contributed by atoms with Crippen molar-refractivity contribution in [1.82, 2.24) is 10.2 Å². The first kappa shape index (κ1) is 14.3. The van der Waals surface area contributed by atoms with E-state index in [4.69, 9.17) is 10.2 Å². The van der Waals surface area contributed by atoms with Crippen LogP contribution in [0.3, 0.4) is 0 Å². The average Bonchev–Trinajstić information content (AvgIpc) is 3.14. The largest absolute Gasteiger partial charge is 0.451 e. The van der Waals surface area contributed by atoms with Crippen LogP contribution in [0.15, 0.2) is 40.8 Å². The van der Waals surface area contributed by atoms with Gasteiger partial charge in [-0.15, -0.1) is 0 Å². The van der Waals surface area contributed by atoms with E-state index in [1.54, 1.807) is 6.07 Å². The fourth-order valence-electron chi connectivity index (χ4n) is 3.73. The van der Waals surface area contributed by atoms with Crippen molar-refractivity contribution in [3.63, 3.8) is 0 Å². The van der Waals surface area contributed by atoms with Gasteiger partial charge in [0.1, 0.15) is 5.76 Å². The molecule has 3 heterocycles. The molecule has 5 nitrogen and oxygen atoms in total. The smallest absolute Gasteiger partial charge is 0.287 e. The zero-order chi connectivity index (χ0) is 15.8. The van der Waals surface area contributed by atoms with E-state index >= 15 is 0 Å². The van der Waals surface area contributed by atoms with E-state index < -0.39 is 0 Å². The molecule has 3 atom stereocenters. The molecule has 0 saturated carbocycles. The lowest BCUT2D eigenvalue weighted by Gasteiger charge is -2.30. The van der Waals surface area contributed by atoms with Crippen molar-refractivity contribution in [2.24, 2.45) is 5.92 Å². The Morgan fingerprint density at radius 3 is 3.00 bits per heavy atom. The normalized spacial score (nSPS) is 26.2. The minimum Gasteiger partial charge on any atom is -0.451 e. The van der Waals surface area contributed by atoms with E-state index in [1.807, 2.05) is 30.3 Å². The van der Waals surface area contributed by atoms with Crippen LogP contribution in [0, 0.1) is 5.92 Å². The van der Waals surface area contributed by atoms with Gasteiger partial charge >= 0.3 is 0 Å². The number of nitrogen functional groups attached to an aromatic ring is 1. The Kier molecular flexibility index (Phi) is 3.58. The second-order valence-electron chi connectivity index (χ2n) is 6.61. The molecule has 2 fully saturated rings. The fourth-order valence-corrected chi connectivity index (χ4v) is 3.73. The van der Waals surface area contributed by atoms with Crippen LogP contribution in [0.1, 0.15) is 23.4 Å². The summed E-state index contributed by atoms with van der Waals surface area (Å²) < 4.78 is 5.72. The van der Waals surface area contributed by atoms with Crippen LogP contribution >= 0.6 is 0 Å². The number of amides is 1. The van der Waals surface area contributed by atoms with Crippen LogP contribution in [0.5, 0.6) is 0 Å². The van der Waals surface area contributed by atoms with Crippen molar-refractivity contribution < 1.29 is 9.21 Å². The molecule has 4 rings (SSSR count). The molecule has 2 aromatic rings. The number of benzene rings is 1. The summed E-state index contributed by atoms with van der Waals surface area (Å²) in [4.78, 5) is 14.8. The highest BCUT2D eigenvalue weighted by molar-refractivity contribution is 5.92. The third-order valence-electron chi connectivity index (χ3n) is 4.80. The predicted octanol–water partition coefficient (Wildman–Crippen LogP) is 2.35. The second-order valence-corrected chi connectivity index (χ2v) is 6.61. The van der Waals surface area contributed by atoms with Crippen molar-refractivity contribution in [3.05, 3.63) is 42.2 Å². The molecule has 3 unspecified atom stereocenters. The molecule has 2 bridgehead atoms. The van der Waals surface area contributed by atoms with E-state index in [-0.39, 0.29) is 11.9 Å². The quantitative estimate of drug-likeness (QED) is 0.854. The van der Waals surface area contributed by atoms with Gasteiger partial charge in [-0.2, -0.15) is 0 Å². The molecular weight excluding hydrogens is 290 g/mol. The van der Waals surface area contributed by atoms with Crippen molar-refractivity contribution in [2.45, 2.75) is 18.9 Å². The molecule has 0 aliphatic carbocycles. The highest BCUT2D eigenvalue weighted by Gasteiger charge is 2.33. The zero-order valence-corrected chi connectivity index (χ0v) is 13.0. The van der Waals surface area contributed by atoms with E-state index in [0.29, 0.717) is 17.2 Å². The molecule has 3 N–H and O–H groups in total. The van der Waals surface area contributed by atoms with Gasteiger partial charge in [-0.1, -0.05) is 12.1 Å². The Hall–Kier alpha value is -2.27. The van der Waals surface area contributed by atoms with E-state index in [9.17, 15) is 4.79 Å². The van der Waals surface area contributed by atoms with Gasteiger partial charge in [0.25, 0.3) is 5.91 Å². The average molecular weight is 311 g/mol. The van der Waals surface area contributed by atoms with E-state index in [2.05, 4.69) is 10.2 Å². The number of hydrogen-bond acceptors (Lipinski definition) is 4. The van der Waals surface area contributed by atoms with Crippen LogP contribution in [-0.2, 0) is 0 Å². The monoisotopic (exact) mass is 311 g/mol. The lowest BCUT2D eigenvalue weighted by Crippen LogP contribution is -2.46. The Balaban J connectivity index is 1.45. The minimum atomic E-state index is -0.132. The van der Waals surface area contributed by atoms with Gasteiger partial charge in [-0.05, 0) is 49.6 Å². The van der Waals surface area contributed by atoms with Crippen molar-refractivity contribution in [3.8, 4) is 11.3 Å². The summed E-state index contributed by atoms with van der Waals surface area (Å²) in [6.07, 6.45) is 2.33. The summed E-state index contributed by atoms with van der Waals surface area (Å²) in [5.41, 5.74) is 7.35. The first-order valence-electron chi connectivity index (χ1n) is 8.16. The third-order valence-corrected chi connectivity index (χ3v) is 4.80. The number of carbonyl (C=O) groups excluding carboxylic acids is 1. The van der Waals surface area contributed by atoms with Crippen LogP contribution in [-0.4, -0.2) is 36.5 Å². The predicted molar refractivity (Wildman–Crippen MR) is 89.0 cm³/mol. The van der Waals surface area contributed by atoms with Crippen LogP contribution in [0.4, 0.5) is 5.69 Å². The molecule has 0 radical (unpaired) electrons. The van der Waals surface area contributed by atoms with E-state index in [0.717, 1.165) is 31.0 Å². The number of carbonyl (C=O) groups is 1. The Morgan fingerprint density at radius 2 is 2.17 bits per heavy atom. The maximum Gasteiger partial charge on any atom is 0.287 e. The number of anilines is 1. The first-order chi connectivity index (χ1) is 11.2. The molecule has 0 spiro atoms. The SMILES string of the molecule is Nc1cccc(-c2ccc(C(=O)NC3CC4CCN(C4)C3)o2)c1. The summed E-state index contributed by atoms with van der Waals surface area (Å²) in [7, 11) is 0. The number of furan rings is 1. The van der Waals surface area contributed by atoms with Gasteiger partial charge in [0.05, 0.1) is 0 Å². The summed E-state index contributed by atoms with van der Waals surface area (Å²) in [6, 6.07) is 11.2. The molecule has 2 aliphatic heterocycles. The number of nitrogens with two attached hydrogens (primary N) is 1. The molecule has 1 aromatic heterocycles. The molecule has 1 aromatic carbocycles. The summed E-state index contributed by atoms with van der Waals surface area (Å²) in [5.74, 6) is 1.62. The maximum absolute atomic E-state index is 12.4. The Bertz CT molecular complexity index is 713. The topological polar surface area (TPSA) is 71.5 Å². The number of fused-ring (bicyclic) bond motifs is 2. The van der Waals surface area contributed by atoms with Crippen LogP contribution < -0.4 is 11.1 Å². The van der Waals surface area contributed by atoms with Gasteiger partial charge in [0, 0.05) is 30.4 Å². The zero-order valence-electron chi connectivity index (χ0n) is 13.0. The minimum absolute atomic E-state index is 0.132. The highest BCUT2D eigenvalue weighted by atomic mass is 16.3. The third kappa shape index (κ3) is 2.97. The standard InChI is InChI=1S/C18H21N3O2/c19-14-3-1-2-13(9-14)16-4-5-17(23-16)18(22)20-15-8-12-6-7-21(10-12)11-15/h1-5,9,12,15H,6-8,10-11,19H2,(H,20,22). The molecule has 2 aliphatic rings. The van der Waals surface area contributed by atoms with Crippen molar-refractivity contribution >= 4 is 11.6 Å². The van der Waals surface area contributed by atoms with Gasteiger partial charge in [0.15, 0.2) is 5.76 Å². The number of nitrogens with zero attached hydrogens (tertiary/aromatic N) is 1. The second kappa shape index (κ2) is 5.74. The lowest BCUT2D eigenvalue weighted by atomic mass is 9.97. The molecule has 5 heteroatoms. The summed E-state index contributed by atoms with van der Waals surface area (Å²) in [5, 5.41) is 3.11. The van der Waals surface area contributed by atoms with Gasteiger partial charge < -0.3 is 20.4 Å². The Labute approximate surface area is 135 Å². The number of rotatable bonds is 3. The molecule has 23 heavy (non-hydrogen) atoms. The molecule has 2 saturated heterocycles. The van der Waals surface area contributed by atoms with Gasteiger partial charge in [0.2, 0.25) is 0 Å². The first-order valence-corrected chi connectivity index (χ1v) is 8.16. The lowest BCUT2D eigenvalue weighted by molar-refractivity contribution is 0.0882. The maximum atomic E-state index is 12.4. The van der Waals surface area contributed by atoms with Crippen molar-refractivity contribution in [2.75, 3.05) is 25.4 Å². The number of hydrogen-bond donors (Lipinski definition) is 2. The molecule has 1 amide bonds. The van der Waals surface area contributed by atoms with Crippen molar-refractivity contribution in [1.29, 1.82) is 0 Å². The summed E-state index contributed by atoms with van der Waals surface area (Å²) >= 11 is 0. The Morgan fingerprint density at radius 1 is 1.26 bits per heavy atom. The van der Waals surface area contributed by atoms with Gasteiger partial charge in [-0.25, -0.2) is 0 Å². The number of nitrogens with one attached hydrogen (secondary N) is 1. The summed E-state index contributed by atoms with van der Waals surface area (Å²) in [6.45, 7) is 3.30. The van der Waals surface area contributed by atoms with E-state index in [1.165, 1.54) is 13.0 Å². The van der Waals surface area contributed by atoms with Gasteiger partial charge in [-0.3, -0.25) is 4.79 Å². The molecular formula is C18H21N3O2. The fraction of sp³-hybridized carbons (Fsp3) is 0.389. The number of piperidine rings is 1. The van der Waals surface area contributed by atoms with Crippen LogP contribution in [0.2, 0.25) is 0 Å².